The normalized spacial score (nSPS) is 15.0. The van der Waals surface area contributed by atoms with E-state index in [1.54, 1.807) is 53.4 Å². The maximum atomic E-state index is 13.5. The van der Waals surface area contributed by atoms with Gasteiger partial charge >= 0.3 is 5.97 Å². The molecule has 6 nitrogen and oxygen atoms in total. The molecule has 6 heteroatoms. The molecule has 0 unspecified atom stereocenters. The Morgan fingerprint density at radius 3 is 2.36 bits per heavy atom. The van der Waals surface area contributed by atoms with Gasteiger partial charge < -0.3 is 14.1 Å². The van der Waals surface area contributed by atoms with Crippen molar-refractivity contribution in [1.29, 1.82) is 0 Å². The summed E-state index contributed by atoms with van der Waals surface area (Å²) in [6.45, 7) is 0.409. The molecule has 1 aromatic heterocycles. The molecular formula is C27H21NO5. The van der Waals surface area contributed by atoms with E-state index in [1.807, 2.05) is 30.3 Å². The number of para-hydroxylation sites is 1. The minimum atomic E-state index is -0.608. The summed E-state index contributed by atoms with van der Waals surface area (Å²) in [7, 11) is 1.32. The molecule has 0 saturated carbocycles. The number of methoxy groups -OCH3 is 1. The third kappa shape index (κ3) is 3.59. The van der Waals surface area contributed by atoms with Crippen LogP contribution >= 0.6 is 0 Å². The number of esters is 1. The summed E-state index contributed by atoms with van der Waals surface area (Å²) in [6, 6.07) is 23.0. The number of hydrogen-bond acceptors (Lipinski definition) is 5. The van der Waals surface area contributed by atoms with Gasteiger partial charge in [0.05, 0.1) is 29.7 Å². The fourth-order valence-corrected chi connectivity index (χ4v) is 4.36. The van der Waals surface area contributed by atoms with E-state index in [-0.39, 0.29) is 17.1 Å². The first-order valence-electron chi connectivity index (χ1n) is 10.7. The van der Waals surface area contributed by atoms with Crippen molar-refractivity contribution in [2.75, 3.05) is 13.7 Å². The molecule has 2 heterocycles. The van der Waals surface area contributed by atoms with Gasteiger partial charge in [0.25, 0.3) is 5.91 Å². The molecule has 1 atom stereocenters. The van der Waals surface area contributed by atoms with E-state index in [2.05, 4.69) is 0 Å². The predicted molar refractivity (Wildman–Crippen MR) is 123 cm³/mol. The summed E-state index contributed by atoms with van der Waals surface area (Å²) >= 11 is 0. The largest absolute Gasteiger partial charge is 0.465 e. The van der Waals surface area contributed by atoms with E-state index >= 15 is 0 Å². The van der Waals surface area contributed by atoms with Crippen LogP contribution in [-0.4, -0.2) is 30.4 Å². The van der Waals surface area contributed by atoms with E-state index in [4.69, 9.17) is 9.15 Å². The van der Waals surface area contributed by atoms with Crippen LogP contribution in [0.5, 0.6) is 0 Å². The summed E-state index contributed by atoms with van der Waals surface area (Å²) in [6.07, 6.45) is 0.630. The Labute approximate surface area is 190 Å². The van der Waals surface area contributed by atoms with Crippen LogP contribution in [0, 0.1) is 0 Å². The summed E-state index contributed by atoms with van der Waals surface area (Å²) in [4.78, 5) is 40.5. The van der Waals surface area contributed by atoms with Crippen LogP contribution in [-0.2, 0) is 11.2 Å². The summed E-state index contributed by atoms with van der Waals surface area (Å²) in [5.74, 6) is -0.685. The molecule has 3 aromatic carbocycles. The lowest BCUT2D eigenvalue weighted by molar-refractivity contribution is 0.0600. The molecule has 0 fully saturated rings. The van der Waals surface area contributed by atoms with Crippen LogP contribution in [0.15, 0.2) is 88.1 Å². The highest BCUT2D eigenvalue weighted by molar-refractivity contribution is 5.99. The van der Waals surface area contributed by atoms with Crippen LogP contribution in [0.4, 0.5) is 0 Å². The monoisotopic (exact) mass is 439 g/mol. The second-order valence-electron chi connectivity index (χ2n) is 7.92. The first kappa shape index (κ1) is 20.7. The molecule has 0 aliphatic carbocycles. The number of amides is 1. The smallest absolute Gasteiger partial charge is 0.337 e. The van der Waals surface area contributed by atoms with Crippen LogP contribution in [0.1, 0.15) is 43.6 Å². The highest BCUT2D eigenvalue weighted by atomic mass is 16.5. The highest BCUT2D eigenvalue weighted by Gasteiger charge is 2.42. The van der Waals surface area contributed by atoms with Crippen molar-refractivity contribution in [3.05, 3.63) is 117 Å². The lowest BCUT2D eigenvalue weighted by Crippen LogP contribution is -2.31. The number of benzene rings is 3. The lowest BCUT2D eigenvalue weighted by atomic mass is 9.97. The first-order chi connectivity index (χ1) is 16.1. The minimum absolute atomic E-state index is 0.0776. The number of ether oxygens (including phenoxy) is 1. The number of fused-ring (bicyclic) bond motifs is 2. The second kappa shape index (κ2) is 8.39. The number of nitrogens with zero attached hydrogens (tertiary/aromatic N) is 1. The zero-order valence-corrected chi connectivity index (χ0v) is 18.0. The van der Waals surface area contributed by atoms with Crippen molar-refractivity contribution in [3.8, 4) is 0 Å². The Morgan fingerprint density at radius 1 is 0.939 bits per heavy atom. The van der Waals surface area contributed by atoms with Gasteiger partial charge in [-0.3, -0.25) is 9.59 Å². The van der Waals surface area contributed by atoms with Crippen LogP contribution < -0.4 is 5.43 Å². The predicted octanol–water partition coefficient (Wildman–Crippen LogP) is 4.37. The molecule has 164 valence electrons. The highest BCUT2D eigenvalue weighted by Crippen LogP contribution is 2.38. The van der Waals surface area contributed by atoms with Gasteiger partial charge in [-0.05, 0) is 41.8 Å². The molecule has 33 heavy (non-hydrogen) atoms. The number of carbonyl (C=O) groups is 2. The molecule has 0 radical (unpaired) electrons. The first-order valence-corrected chi connectivity index (χ1v) is 10.7. The van der Waals surface area contributed by atoms with Crippen molar-refractivity contribution in [2.45, 2.75) is 12.5 Å². The summed E-state index contributed by atoms with van der Waals surface area (Å²) in [5, 5.41) is 0.435. The Balaban J connectivity index is 1.62. The van der Waals surface area contributed by atoms with Crippen molar-refractivity contribution in [1.82, 2.24) is 4.90 Å². The lowest BCUT2D eigenvalue weighted by Gasteiger charge is -2.25. The standard InChI is InChI=1S/C27H21NO5/c1-32-27(31)19-13-11-18(12-14-19)23-22-24(29)20-9-5-6-10-21(20)33-25(22)26(30)28(23)16-15-17-7-3-2-4-8-17/h2-14,23H,15-16H2,1H3/t23-/m0/s1. The second-order valence-corrected chi connectivity index (χ2v) is 7.92. The molecule has 4 aromatic rings. The average Bonchev–Trinajstić information content (AvgIpc) is 3.14. The molecule has 0 N–H and O–H groups in total. The van der Waals surface area contributed by atoms with Gasteiger partial charge in [-0.1, -0.05) is 54.6 Å². The molecule has 1 aliphatic heterocycles. The van der Waals surface area contributed by atoms with Crippen LogP contribution in [0.3, 0.4) is 0 Å². The van der Waals surface area contributed by atoms with E-state index in [0.29, 0.717) is 35.1 Å². The molecule has 0 bridgehead atoms. The Bertz CT molecular complexity index is 1410. The number of rotatable bonds is 5. The van der Waals surface area contributed by atoms with E-state index in [1.165, 1.54) is 7.11 Å². The topological polar surface area (TPSA) is 76.8 Å². The zero-order chi connectivity index (χ0) is 22.9. The maximum absolute atomic E-state index is 13.5. The average molecular weight is 439 g/mol. The number of carbonyl (C=O) groups excluding carboxylic acids is 2. The molecule has 1 amide bonds. The Hall–Kier alpha value is -4.19. The third-order valence-corrected chi connectivity index (χ3v) is 6.00. The van der Waals surface area contributed by atoms with Gasteiger partial charge in [0.1, 0.15) is 5.58 Å². The van der Waals surface area contributed by atoms with Crippen molar-refractivity contribution >= 4 is 22.8 Å². The van der Waals surface area contributed by atoms with Gasteiger partial charge in [-0.15, -0.1) is 0 Å². The Morgan fingerprint density at radius 2 is 1.64 bits per heavy atom. The maximum Gasteiger partial charge on any atom is 0.337 e. The number of hydrogen-bond donors (Lipinski definition) is 0. The third-order valence-electron chi connectivity index (χ3n) is 6.00. The van der Waals surface area contributed by atoms with E-state index < -0.39 is 12.0 Å². The molecule has 0 spiro atoms. The van der Waals surface area contributed by atoms with E-state index in [0.717, 1.165) is 11.1 Å². The zero-order valence-electron chi connectivity index (χ0n) is 18.0. The van der Waals surface area contributed by atoms with Gasteiger partial charge in [0.15, 0.2) is 5.43 Å². The Kier molecular flexibility index (Phi) is 5.26. The van der Waals surface area contributed by atoms with Gasteiger partial charge in [-0.2, -0.15) is 0 Å². The molecular weight excluding hydrogens is 418 g/mol. The summed E-state index contributed by atoms with van der Waals surface area (Å²) < 4.78 is 10.7. The van der Waals surface area contributed by atoms with Crippen molar-refractivity contribution < 1.29 is 18.7 Å². The molecule has 5 rings (SSSR count). The molecule has 1 aliphatic rings. The minimum Gasteiger partial charge on any atom is -0.465 e. The SMILES string of the molecule is COC(=O)c1ccc([C@H]2c3c(oc4ccccc4c3=O)C(=O)N2CCc2ccccc2)cc1. The van der Waals surface area contributed by atoms with Gasteiger partial charge in [0.2, 0.25) is 5.76 Å². The molecule has 0 saturated heterocycles. The van der Waals surface area contributed by atoms with Gasteiger partial charge in [0, 0.05) is 6.54 Å². The fourth-order valence-electron chi connectivity index (χ4n) is 4.36. The van der Waals surface area contributed by atoms with Gasteiger partial charge in [-0.25, -0.2) is 4.79 Å². The quantitative estimate of drug-likeness (QED) is 0.432. The van der Waals surface area contributed by atoms with Crippen LogP contribution in [0.25, 0.3) is 11.0 Å². The van der Waals surface area contributed by atoms with Crippen LogP contribution in [0.2, 0.25) is 0 Å². The van der Waals surface area contributed by atoms with Crippen molar-refractivity contribution in [2.24, 2.45) is 0 Å². The van der Waals surface area contributed by atoms with Crippen molar-refractivity contribution in [3.63, 3.8) is 0 Å². The fraction of sp³-hybridized carbons (Fsp3) is 0.148. The summed E-state index contributed by atoms with van der Waals surface area (Å²) in [5.41, 5.74) is 2.71. The van der Waals surface area contributed by atoms with E-state index in [9.17, 15) is 14.4 Å².